The number of nitrogens with zero attached hydrogens (tertiary/aromatic N) is 1. The smallest absolute Gasteiger partial charge is 0.410 e. The molecular weight excluding hydrogens is 496 g/mol. The number of hydrogen-bond donors (Lipinski definition) is 2. The van der Waals surface area contributed by atoms with Crippen LogP contribution in [0.5, 0.6) is 0 Å². The average Bonchev–Trinajstić information content (AvgIpc) is 3.72. The predicted molar refractivity (Wildman–Crippen MR) is 157 cm³/mol. The fraction of sp³-hybridized carbons (Fsp3) is 0.629. The van der Waals surface area contributed by atoms with Crippen molar-refractivity contribution in [1.82, 2.24) is 10.2 Å². The molecule has 5 heteroatoms. The van der Waals surface area contributed by atoms with Gasteiger partial charge in [0.05, 0.1) is 5.60 Å². The number of hydrogen-bond acceptors (Lipinski definition) is 4. The number of ether oxygens (including phenoxy) is 1. The predicted octanol–water partition coefficient (Wildman–Crippen LogP) is 6.81. The summed E-state index contributed by atoms with van der Waals surface area (Å²) < 4.78 is 5.41. The molecule has 6 fully saturated rings. The van der Waals surface area contributed by atoms with Gasteiger partial charge in [0.1, 0.15) is 5.60 Å². The molecule has 2 aromatic rings. The molecule has 4 aliphatic carbocycles. The summed E-state index contributed by atoms with van der Waals surface area (Å²) in [6.07, 6.45) is 9.49. The summed E-state index contributed by atoms with van der Waals surface area (Å²) >= 11 is 0. The number of aliphatic hydroxyl groups is 1. The third-order valence-electron chi connectivity index (χ3n) is 10.3. The Kier molecular flexibility index (Phi) is 6.18. The standard InChI is InChI=1S/C20H27NO3.C15H19N/c1-18(2,3)24-17(22)21-12-19(13-21)10-20(23,11-19)16-6-4-5-15(9-16)14-7-8-14;1-2-12(11-4-5-11)6-13(3-1)14-7-15(8-14)9-16-10-15/h4-6,9,14,23H,7-8,10-13H2,1-3H3;1-3,6,11,14,16H,4-5,7-10H2. The first-order chi connectivity index (χ1) is 19.0. The van der Waals surface area contributed by atoms with Gasteiger partial charge in [-0.15, -0.1) is 0 Å². The highest BCUT2D eigenvalue weighted by Crippen LogP contribution is 2.59. The van der Waals surface area contributed by atoms with Crippen LogP contribution < -0.4 is 5.32 Å². The Bertz CT molecular complexity index is 1260. The lowest BCUT2D eigenvalue weighted by atomic mass is 9.53. The number of rotatable bonds is 4. The summed E-state index contributed by atoms with van der Waals surface area (Å²) in [7, 11) is 0. The van der Waals surface area contributed by atoms with Crippen molar-refractivity contribution < 1.29 is 14.6 Å². The summed E-state index contributed by atoms with van der Waals surface area (Å²) in [6.45, 7) is 9.59. The SMILES string of the molecule is CC(C)(C)OC(=O)N1CC2(C1)CC(O)(c1cccc(C3CC3)c1)C2.c1cc(C2CC2)cc(C2CC3(CNC3)C2)c1. The number of carbonyl (C=O) groups is 1. The minimum absolute atomic E-state index is 0.0846. The van der Waals surface area contributed by atoms with Crippen molar-refractivity contribution in [2.45, 2.75) is 101 Å². The fourth-order valence-electron chi connectivity index (χ4n) is 7.81. The summed E-state index contributed by atoms with van der Waals surface area (Å²) in [4.78, 5) is 13.8. The van der Waals surface area contributed by atoms with Crippen molar-refractivity contribution in [2.75, 3.05) is 26.2 Å². The van der Waals surface area contributed by atoms with Gasteiger partial charge in [-0.05, 0) is 118 Å². The molecule has 8 rings (SSSR count). The Labute approximate surface area is 239 Å². The molecule has 2 aromatic carbocycles. The maximum Gasteiger partial charge on any atom is 0.410 e. The first-order valence-electron chi connectivity index (χ1n) is 15.6. The molecule has 1 amide bonds. The lowest BCUT2D eigenvalue weighted by Gasteiger charge is -2.62. The second kappa shape index (κ2) is 9.32. The second-order valence-corrected chi connectivity index (χ2v) is 15.3. The number of likely N-dealkylation sites (tertiary alicyclic amines) is 1. The van der Waals surface area contributed by atoms with Crippen LogP contribution in [-0.2, 0) is 10.3 Å². The molecule has 214 valence electrons. The highest BCUT2D eigenvalue weighted by molar-refractivity contribution is 5.69. The molecule has 2 heterocycles. The van der Waals surface area contributed by atoms with Crippen LogP contribution in [0.15, 0.2) is 48.5 Å². The molecule has 2 spiro atoms. The highest BCUT2D eigenvalue weighted by Gasteiger charge is 2.61. The van der Waals surface area contributed by atoms with E-state index in [9.17, 15) is 9.90 Å². The van der Waals surface area contributed by atoms with Crippen LogP contribution in [0.25, 0.3) is 0 Å². The van der Waals surface area contributed by atoms with Gasteiger partial charge < -0.3 is 20.1 Å². The van der Waals surface area contributed by atoms with E-state index >= 15 is 0 Å². The van der Waals surface area contributed by atoms with Crippen molar-refractivity contribution in [2.24, 2.45) is 10.8 Å². The van der Waals surface area contributed by atoms with E-state index in [0.717, 1.165) is 30.2 Å². The van der Waals surface area contributed by atoms with E-state index in [1.165, 1.54) is 57.2 Å². The molecule has 2 aliphatic heterocycles. The number of carbonyl (C=O) groups excluding carboxylic acids is 1. The monoisotopic (exact) mass is 542 g/mol. The van der Waals surface area contributed by atoms with Gasteiger partial charge in [-0.2, -0.15) is 0 Å². The second-order valence-electron chi connectivity index (χ2n) is 15.3. The quantitative estimate of drug-likeness (QED) is 0.445. The zero-order valence-electron chi connectivity index (χ0n) is 24.5. The van der Waals surface area contributed by atoms with Crippen molar-refractivity contribution in [3.8, 4) is 0 Å². The van der Waals surface area contributed by atoms with Gasteiger partial charge in [0.25, 0.3) is 0 Å². The Morgan fingerprint density at radius 3 is 1.93 bits per heavy atom. The van der Waals surface area contributed by atoms with Gasteiger partial charge >= 0.3 is 6.09 Å². The van der Waals surface area contributed by atoms with Gasteiger partial charge in [0.2, 0.25) is 0 Å². The van der Waals surface area contributed by atoms with Crippen LogP contribution >= 0.6 is 0 Å². The van der Waals surface area contributed by atoms with Crippen molar-refractivity contribution >= 4 is 6.09 Å². The molecule has 0 aromatic heterocycles. The molecule has 0 unspecified atom stereocenters. The molecule has 2 N–H and O–H groups in total. The molecular formula is C35H46N2O3. The van der Waals surface area contributed by atoms with E-state index in [1.807, 2.05) is 26.8 Å². The first kappa shape index (κ1) is 26.5. The first-order valence-corrected chi connectivity index (χ1v) is 15.6. The molecule has 0 radical (unpaired) electrons. The Balaban J connectivity index is 0.000000143. The van der Waals surface area contributed by atoms with E-state index in [2.05, 4.69) is 47.8 Å². The lowest BCUT2D eigenvalue weighted by molar-refractivity contribution is -0.190. The lowest BCUT2D eigenvalue weighted by Crippen LogP contribution is -2.68. The maximum absolute atomic E-state index is 12.1. The van der Waals surface area contributed by atoms with Gasteiger partial charge in [0.15, 0.2) is 0 Å². The number of nitrogens with one attached hydrogen (secondary N) is 1. The van der Waals surface area contributed by atoms with E-state index < -0.39 is 11.2 Å². The van der Waals surface area contributed by atoms with E-state index in [-0.39, 0.29) is 11.5 Å². The van der Waals surface area contributed by atoms with Crippen LogP contribution in [0.1, 0.15) is 112 Å². The highest BCUT2D eigenvalue weighted by atomic mass is 16.6. The normalized spacial score (nSPS) is 26.9. The minimum Gasteiger partial charge on any atom is -0.444 e. The number of amides is 1. The molecule has 4 saturated carbocycles. The van der Waals surface area contributed by atoms with Gasteiger partial charge in [-0.25, -0.2) is 4.79 Å². The molecule has 6 aliphatic rings. The summed E-state index contributed by atoms with van der Waals surface area (Å²) in [5, 5.41) is 14.4. The molecule has 0 bridgehead atoms. The minimum atomic E-state index is -0.717. The van der Waals surface area contributed by atoms with Crippen LogP contribution in [0.4, 0.5) is 4.79 Å². The van der Waals surface area contributed by atoms with Gasteiger partial charge in [0, 0.05) is 31.6 Å². The van der Waals surface area contributed by atoms with Gasteiger partial charge in [-0.3, -0.25) is 0 Å². The Morgan fingerprint density at radius 2 is 1.40 bits per heavy atom. The van der Waals surface area contributed by atoms with Crippen molar-refractivity contribution in [3.05, 3.63) is 70.8 Å². The third-order valence-corrected chi connectivity index (χ3v) is 10.3. The van der Waals surface area contributed by atoms with Gasteiger partial charge in [-0.1, -0.05) is 48.5 Å². The van der Waals surface area contributed by atoms with E-state index in [0.29, 0.717) is 24.4 Å². The largest absolute Gasteiger partial charge is 0.444 e. The topological polar surface area (TPSA) is 61.8 Å². The molecule has 2 saturated heterocycles. The molecule has 5 nitrogen and oxygen atoms in total. The zero-order valence-corrected chi connectivity index (χ0v) is 24.5. The molecule has 0 atom stereocenters. The zero-order chi connectivity index (χ0) is 27.8. The third kappa shape index (κ3) is 5.20. The van der Waals surface area contributed by atoms with Crippen LogP contribution in [0.3, 0.4) is 0 Å². The number of benzene rings is 2. The van der Waals surface area contributed by atoms with Crippen LogP contribution in [-0.4, -0.2) is 47.9 Å². The Morgan fingerprint density at radius 1 is 0.850 bits per heavy atom. The van der Waals surface area contributed by atoms with Crippen molar-refractivity contribution in [3.63, 3.8) is 0 Å². The molecule has 40 heavy (non-hydrogen) atoms. The van der Waals surface area contributed by atoms with Crippen LogP contribution in [0, 0.1) is 10.8 Å². The summed E-state index contributed by atoms with van der Waals surface area (Å²) in [5.41, 5.74) is 5.25. The Hall–Kier alpha value is -2.37. The summed E-state index contributed by atoms with van der Waals surface area (Å²) in [5.74, 6) is 2.47. The summed E-state index contributed by atoms with van der Waals surface area (Å²) in [6, 6.07) is 17.9. The van der Waals surface area contributed by atoms with E-state index in [1.54, 1.807) is 16.0 Å². The van der Waals surface area contributed by atoms with Crippen molar-refractivity contribution in [1.29, 1.82) is 0 Å². The van der Waals surface area contributed by atoms with E-state index in [4.69, 9.17) is 4.74 Å². The maximum atomic E-state index is 12.1. The average molecular weight is 543 g/mol. The van der Waals surface area contributed by atoms with Crippen LogP contribution in [0.2, 0.25) is 0 Å². The fourth-order valence-corrected chi connectivity index (χ4v) is 7.81.